The van der Waals surface area contributed by atoms with Crippen molar-refractivity contribution in [1.82, 2.24) is 10.2 Å². The Kier molecular flexibility index (Phi) is 9.48. The minimum Gasteiger partial charge on any atom is -0.352 e. The molecule has 1 aliphatic carbocycles. The van der Waals surface area contributed by atoms with Gasteiger partial charge in [-0.2, -0.15) is 0 Å². The lowest BCUT2D eigenvalue weighted by molar-refractivity contribution is -0.140. The molecule has 0 radical (unpaired) electrons. The van der Waals surface area contributed by atoms with E-state index in [1.54, 1.807) is 0 Å². The maximum absolute atomic E-state index is 14.5. The Morgan fingerprint density at radius 2 is 1.69 bits per heavy atom. The number of nitrogens with one attached hydrogen (secondary N) is 1. The second-order valence-electron chi connectivity index (χ2n) is 9.44. The fourth-order valence-corrected chi connectivity index (χ4v) is 5.53. The number of anilines is 1. The highest BCUT2D eigenvalue weighted by molar-refractivity contribution is 7.92. The molecular formula is C27H36FN3O4S. The van der Waals surface area contributed by atoms with Gasteiger partial charge in [0.15, 0.2) is 0 Å². The van der Waals surface area contributed by atoms with Crippen LogP contribution in [0.1, 0.15) is 56.6 Å². The van der Waals surface area contributed by atoms with Gasteiger partial charge in [0.1, 0.15) is 18.4 Å². The van der Waals surface area contributed by atoms with E-state index < -0.39 is 34.3 Å². The van der Waals surface area contributed by atoms with Gasteiger partial charge in [-0.1, -0.05) is 62.6 Å². The number of sulfonamides is 1. The summed E-state index contributed by atoms with van der Waals surface area (Å²) in [6, 6.07) is 12.3. The molecule has 2 aromatic carbocycles. The summed E-state index contributed by atoms with van der Waals surface area (Å²) in [4.78, 5) is 28.5. The molecule has 1 unspecified atom stereocenters. The maximum Gasteiger partial charge on any atom is 0.244 e. The van der Waals surface area contributed by atoms with Gasteiger partial charge in [-0.15, -0.1) is 0 Å². The van der Waals surface area contributed by atoms with E-state index in [4.69, 9.17) is 0 Å². The molecule has 2 aromatic rings. The third-order valence-corrected chi connectivity index (χ3v) is 7.87. The van der Waals surface area contributed by atoms with Crippen molar-refractivity contribution in [3.63, 3.8) is 0 Å². The van der Waals surface area contributed by atoms with Gasteiger partial charge < -0.3 is 10.2 Å². The van der Waals surface area contributed by atoms with Crippen molar-refractivity contribution in [2.75, 3.05) is 17.1 Å². The Bertz CT molecular complexity index is 1170. The summed E-state index contributed by atoms with van der Waals surface area (Å²) in [5.41, 5.74) is 1.60. The van der Waals surface area contributed by atoms with E-state index in [9.17, 15) is 22.4 Å². The van der Waals surface area contributed by atoms with Crippen LogP contribution in [0.4, 0.5) is 10.1 Å². The minimum atomic E-state index is -3.98. The number of carbonyl (C=O) groups is 2. The number of hydrogen-bond acceptors (Lipinski definition) is 4. The Hall–Kier alpha value is -2.94. The van der Waals surface area contributed by atoms with Crippen molar-refractivity contribution < 1.29 is 22.4 Å². The van der Waals surface area contributed by atoms with Crippen LogP contribution in [-0.2, 0) is 26.2 Å². The Morgan fingerprint density at radius 3 is 2.31 bits per heavy atom. The van der Waals surface area contributed by atoms with Gasteiger partial charge in [0.25, 0.3) is 0 Å². The molecule has 0 bridgehead atoms. The van der Waals surface area contributed by atoms with Crippen molar-refractivity contribution in [3.8, 4) is 0 Å². The van der Waals surface area contributed by atoms with Crippen LogP contribution < -0.4 is 9.62 Å². The molecule has 1 fully saturated rings. The molecule has 0 heterocycles. The molecule has 1 atom stereocenters. The zero-order chi connectivity index (χ0) is 26.3. The molecule has 0 spiro atoms. The first-order chi connectivity index (χ1) is 17.1. The summed E-state index contributed by atoms with van der Waals surface area (Å²) in [5.74, 6) is -1.57. The first kappa shape index (κ1) is 27.6. The fraction of sp³-hybridized carbons (Fsp3) is 0.481. The molecule has 9 heteroatoms. The maximum atomic E-state index is 14.5. The SMILES string of the molecule is CCC(C(=O)NC1CCCCC1)N(Cc1ccccc1C)C(=O)CN(c1ccccc1F)S(C)(=O)=O. The van der Waals surface area contributed by atoms with Crippen molar-refractivity contribution in [2.24, 2.45) is 0 Å². The molecular weight excluding hydrogens is 481 g/mol. The predicted molar refractivity (Wildman–Crippen MR) is 139 cm³/mol. The summed E-state index contributed by atoms with van der Waals surface area (Å²) in [6.07, 6.45) is 6.37. The average molecular weight is 518 g/mol. The van der Waals surface area contributed by atoms with E-state index in [2.05, 4.69) is 5.32 Å². The van der Waals surface area contributed by atoms with E-state index in [1.165, 1.54) is 23.1 Å². The largest absolute Gasteiger partial charge is 0.352 e. The fourth-order valence-electron chi connectivity index (χ4n) is 4.68. The van der Waals surface area contributed by atoms with E-state index in [1.807, 2.05) is 38.1 Å². The number of rotatable bonds is 10. The lowest BCUT2D eigenvalue weighted by Crippen LogP contribution is -2.54. The standard InChI is InChI=1S/C27H36FN3O4S/c1-4-24(27(33)29-22-14-6-5-7-15-22)30(18-21-13-9-8-12-20(21)2)26(32)19-31(36(3,34)35)25-17-11-10-16-23(25)28/h8-13,16-17,22,24H,4-7,14-15,18-19H2,1-3H3,(H,29,33). The van der Waals surface area contributed by atoms with Gasteiger partial charge in [-0.3, -0.25) is 13.9 Å². The number of amides is 2. The van der Waals surface area contributed by atoms with Crippen LogP contribution in [-0.4, -0.2) is 50.0 Å². The number of hydrogen-bond donors (Lipinski definition) is 1. The van der Waals surface area contributed by atoms with Gasteiger partial charge in [0, 0.05) is 12.6 Å². The lowest BCUT2D eigenvalue weighted by atomic mass is 9.95. The number of aryl methyl sites for hydroxylation is 1. The number of para-hydroxylation sites is 1. The monoisotopic (exact) mass is 517 g/mol. The van der Waals surface area contributed by atoms with E-state index in [0.29, 0.717) is 6.42 Å². The molecule has 1 saturated carbocycles. The molecule has 1 aliphatic rings. The third kappa shape index (κ3) is 7.06. The van der Waals surface area contributed by atoms with Crippen LogP contribution in [0.15, 0.2) is 48.5 Å². The molecule has 2 amide bonds. The van der Waals surface area contributed by atoms with Gasteiger partial charge >= 0.3 is 0 Å². The molecule has 1 N–H and O–H groups in total. The normalized spacial score (nSPS) is 15.2. The Balaban J connectivity index is 1.93. The molecule has 36 heavy (non-hydrogen) atoms. The smallest absolute Gasteiger partial charge is 0.244 e. The van der Waals surface area contributed by atoms with Crippen molar-refractivity contribution in [1.29, 1.82) is 0 Å². The second-order valence-corrected chi connectivity index (χ2v) is 11.3. The van der Waals surface area contributed by atoms with E-state index in [-0.39, 0.29) is 24.2 Å². The number of benzene rings is 2. The second kappa shape index (κ2) is 12.3. The van der Waals surface area contributed by atoms with Gasteiger partial charge in [-0.25, -0.2) is 12.8 Å². The lowest BCUT2D eigenvalue weighted by Gasteiger charge is -2.34. The first-order valence-electron chi connectivity index (χ1n) is 12.5. The van der Waals surface area contributed by atoms with Crippen LogP contribution in [0.5, 0.6) is 0 Å². The summed E-state index contributed by atoms with van der Waals surface area (Å²) in [5, 5.41) is 3.11. The van der Waals surface area contributed by atoms with Gasteiger partial charge in [0.05, 0.1) is 11.9 Å². The van der Waals surface area contributed by atoms with Gasteiger partial charge in [-0.05, 0) is 49.4 Å². The summed E-state index contributed by atoms with van der Waals surface area (Å²) in [6.45, 7) is 3.27. The van der Waals surface area contributed by atoms with Crippen LogP contribution in [0.25, 0.3) is 0 Å². The van der Waals surface area contributed by atoms with E-state index >= 15 is 0 Å². The molecule has 196 valence electrons. The number of carbonyl (C=O) groups excluding carboxylic acids is 2. The minimum absolute atomic E-state index is 0.0710. The third-order valence-electron chi connectivity index (χ3n) is 6.74. The zero-order valence-corrected chi connectivity index (χ0v) is 22.1. The van der Waals surface area contributed by atoms with Crippen LogP contribution >= 0.6 is 0 Å². The Labute approximate surface area is 213 Å². The predicted octanol–water partition coefficient (Wildman–Crippen LogP) is 4.16. The van der Waals surface area contributed by atoms with Crippen molar-refractivity contribution in [2.45, 2.75) is 71.0 Å². The highest BCUT2D eigenvalue weighted by Gasteiger charge is 2.33. The highest BCUT2D eigenvalue weighted by Crippen LogP contribution is 2.23. The average Bonchev–Trinajstić information content (AvgIpc) is 2.84. The zero-order valence-electron chi connectivity index (χ0n) is 21.2. The van der Waals surface area contributed by atoms with Gasteiger partial charge in [0.2, 0.25) is 21.8 Å². The molecule has 0 aliphatic heterocycles. The molecule has 3 rings (SSSR count). The Morgan fingerprint density at radius 1 is 1.06 bits per heavy atom. The topological polar surface area (TPSA) is 86.8 Å². The quantitative estimate of drug-likeness (QED) is 0.513. The van der Waals surface area contributed by atoms with Crippen molar-refractivity contribution >= 4 is 27.5 Å². The van der Waals surface area contributed by atoms with Crippen LogP contribution in [0.2, 0.25) is 0 Å². The molecule has 0 aromatic heterocycles. The first-order valence-corrected chi connectivity index (χ1v) is 14.3. The summed E-state index contributed by atoms with van der Waals surface area (Å²) in [7, 11) is -3.98. The van der Waals surface area contributed by atoms with E-state index in [0.717, 1.165) is 59.9 Å². The molecule has 0 saturated heterocycles. The summed E-state index contributed by atoms with van der Waals surface area (Å²) < 4.78 is 40.5. The number of nitrogens with zero attached hydrogens (tertiary/aromatic N) is 2. The molecule has 7 nitrogen and oxygen atoms in total. The van der Waals surface area contributed by atoms with Crippen LogP contribution in [0.3, 0.4) is 0 Å². The highest BCUT2D eigenvalue weighted by atomic mass is 32.2. The number of halogens is 1. The van der Waals surface area contributed by atoms with Crippen molar-refractivity contribution in [3.05, 3.63) is 65.5 Å². The summed E-state index contributed by atoms with van der Waals surface area (Å²) >= 11 is 0. The van der Waals surface area contributed by atoms with Crippen LogP contribution in [0, 0.1) is 12.7 Å².